The summed E-state index contributed by atoms with van der Waals surface area (Å²) in [5.74, 6) is 0.101. The van der Waals surface area contributed by atoms with Crippen molar-refractivity contribution in [3.63, 3.8) is 0 Å². The van der Waals surface area contributed by atoms with Crippen LogP contribution in [0, 0.1) is 0 Å². The Bertz CT molecular complexity index is 217. The highest BCUT2D eigenvalue weighted by Crippen LogP contribution is 2.29. The average molecular weight is 198 g/mol. The lowest BCUT2D eigenvalue weighted by molar-refractivity contribution is -0.128. The quantitative estimate of drug-likeness (QED) is 0.720. The van der Waals surface area contributed by atoms with Crippen LogP contribution in [0.4, 0.5) is 0 Å². The van der Waals surface area contributed by atoms with Gasteiger partial charge in [0.2, 0.25) is 5.91 Å². The Morgan fingerprint density at radius 3 is 2.21 bits per heavy atom. The minimum atomic E-state index is -0.467. The molecule has 1 aliphatic rings. The summed E-state index contributed by atoms with van der Waals surface area (Å²) in [4.78, 5) is 11.9. The van der Waals surface area contributed by atoms with Gasteiger partial charge in [-0.05, 0) is 40.7 Å². The Balaban J connectivity index is 2.55. The normalized spacial score (nSPS) is 20.9. The van der Waals surface area contributed by atoms with Crippen molar-refractivity contribution in [2.24, 2.45) is 0 Å². The number of hydrogen-bond donors (Lipinski definition) is 2. The summed E-state index contributed by atoms with van der Waals surface area (Å²) in [6.07, 6.45) is 4.69. The molecular weight excluding hydrogens is 176 g/mol. The van der Waals surface area contributed by atoms with E-state index in [4.69, 9.17) is 0 Å². The summed E-state index contributed by atoms with van der Waals surface area (Å²) < 4.78 is 0. The van der Waals surface area contributed by atoms with E-state index in [0.717, 1.165) is 12.8 Å². The van der Waals surface area contributed by atoms with Crippen molar-refractivity contribution in [2.45, 2.75) is 57.5 Å². The fourth-order valence-electron chi connectivity index (χ4n) is 1.82. The predicted molar refractivity (Wildman–Crippen MR) is 58.2 cm³/mol. The first-order valence-corrected chi connectivity index (χ1v) is 5.41. The number of amides is 1. The molecule has 0 spiro atoms. The highest BCUT2D eigenvalue weighted by atomic mass is 16.2. The number of carbonyl (C=O) groups is 1. The largest absolute Gasteiger partial charge is 0.349 e. The summed E-state index contributed by atoms with van der Waals surface area (Å²) in [5.41, 5.74) is -0.434. The summed E-state index contributed by atoms with van der Waals surface area (Å²) in [6, 6.07) is 0. The van der Waals surface area contributed by atoms with E-state index < -0.39 is 5.54 Å². The van der Waals surface area contributed by atoms with E-state index in [1.165, 1.54) is 12.8 Å². The molecule has 0 aliphatic heterocycles. The first-order chi connectivity index (χ1) is 6.40. The van der Waals surface area contributed by atoms with Gasteiger partial charge in [0.25, 0.3) is 0 Å². The van der Waals surface area contributed by atoms with Crippen LogP contribution in [0.5, 0.6) is 0 Å². The molecule has 2 N–H and O–H groups in total. The zero-order valence-electron chi connectivity index (χ0n) is 9.74. The zero-order valence-corrected chi connectivity index (χ0v) is 9.74. The van der Waals surface area contributed by atoms with Crippen LogP contribution >= 0.6 is 0 Å². The number of hydrogen-bond acceptors (Lipinski definition) is 2. The Morgan fingerprint density at radius 2 is 1.79 bits per heavy atom. The van der Waals surface area contributed by atoms with E-state index in [1.807, 2.05) is 20.9 Å². The standard InChI is InChI=1S/C11H22N2O/c1-10(2,12-4)9(14)13-11(3)7-5-6-8-11/h12H,5-8H2,1-4H3,(H,13,14). The molecule has 0 aromatic rings. The van der Waals surface area contributed by atoms with Crippen LogP contribution in [0.15, 0.2) is 0 Å². The average Bonchev–Trinajstić information content (AvgIpc) is 2.52. The molecule has 3 nitrogen and oxygen atoms in total. The topological polar surface area (TPSA) is 41.1 Å². The molecule has 0 unspecified atom stereocenters. The van der Waals surface area contributed by atoms with Crippen molar-refractivity contribution in [3.8, 4) is 0 Å². The van der Waals surface area contributed by atoms with Gasteiger partial charge in [-0.25, -0.2) is 0 Å². The monoisotopic (exact) mass is 198 g/mol. The molecule has 82 valence electrons. The predicted octanol–water partition coefficient (Wildman–Crippen LogP) is 1.43. The molecule has 1 amide bonds. The lowest BCUT2D eigenvalue weighted by Crippen LogP contribution is -2.56. The third-order valence-corrected chi connectivity index (χ3v) is 3.32. The van der Waals surface area contributed by atoms with Crippen LogP contribution < -0.4 is 10.6 Å². The van der Waals surface area contributed by atoms with Crippen molar-refractivity contribution in [1.29, 1.82) is 0 Å². The van der Waals surface area contributed by atoms with Crippen molar-refractivity contribution >= 4 is 5.91 Å². The minimum Gasteiger partial charge on any atom is -0.349 e. The molecule has 14 heavy (non-hydrogen) atoms. The maximum absolute atomic E-state index is 11.9. The molecule has 3 heteroatoms. The van der Waals surface area contributed by atoms with Crippen molar-refractivity contribution < 1.29 is 4.79 Å². The highest BCUT2D eigenvalue weighted by Gasteiger charge is 2.34. The van der Waals surface area contributed by atoms with E-state index in [0.29, 0.717) is 0 Å². The second kappa shape index (κ2) is 3.89. The van der Waals surface area contributed by atoms with Crippen LogP contribution in [0.1, 0.15) is 46.5 Å². The number of carbonyl (C=O) groups excluding carboxylic acids is 1. The van der Waals surface area contributed by atoms with Crippen LogP contribution in [0.25, 0.3) is 0 Å². The van der Waals surface area contributed by atoms with Crippen LogP contribution in [-0.2, 0) is 4.79 Å². The molecule has 0 radical (unpaired) electrons. The van der Waals surface area contributed by atoms with Gasteiger partial charge in [0, 0.05) is 5.54 Å². The van der Waals surface area contributed by atoms with E-state index in [9.17, 15) is 4.79 Å². The van der Waals surface area contributed by atoms with Gasteiger partial charge < -0.3 is 10.6 Å². The summed E-state index contributed by atoms with van der Waals surface area (Å²) in [5, 5.41) is 6.17. The molecule has 0 atom stereocenters. The highest BCUT2D eigenvalue weighted by molar-refractivity contribution is 5.86. The fourth-order valence-corrected chi connectivity index (χ4v) is 1.82. The zero-order chi connectivity index (χ0) is 10.8. The second-order valence-corrected chi connectivity index (χ2v) is 5.10. The Kier molecular flexibility index (Phi) is 3.20. The lowest BCUT2D eigenvalue weighted by Gasteiger charge is -2.31. The molecule has 1 aliphatic carbocycles. The van der Waals surface area contributed by atoms with Crippen molar-refractivity contribution in [1.82, 2.24) is 10.6 Å². The molecule has 1 saturated carbocycles. The van der Waals surface area contributed by atoms with Gasteiger partial charge >= 0.3 is 0 Å². The van der Waals surface area contributed by atoms with Gasteiger partial charge in [-0.15, -0.1) is 0 Å². The minimum absolute atomic E-state index is 0.0329. The van der Waals surface area contributed by atoms with E-state index in [2.05, 4.69) is 17.6 Å². The summed E-state index contributed by atoms with van der Waals surface area (Å²) in [6.45, 7) is 5.95. The molecule has 0 aromatic heterocycles. The molecule has 0 heterocycles. The summed E-state index contributed by atoms with van der Waals surface area (Å²) >= 11 is 0. The van der Waals surface area contributed by atoms with Crippen LogP contribution in [-0.4, -0.2) is 24.0 Å². The number of likely N-dealkylation sites (N-methyl/N-ethyl adjacent to an activating group) is 1. The third kappa shape index (κ3) is 2.47. The SMILES string of the molecule is CNC(C)(C)C(=O)NC1(C)CCCC1. The summed E-state index contributed by atoms with van der Waals surface area (Å²) in [7, 11) is 1.82. The van der Waals surface area contributed by atoms with E-state index >= 15 is 0 Å². The van der Waals surface area contributed by atoms with Crippen molar-refractivity contribution in [3.05, 3.63) is 0 Å². The van der Waals surface area contributed by atoms with Crippen LogP contribution in [0.3, 0.4) is 0 Å². The maximum atomic E-state index is 11.9. The molecule has 0 aromatic carbocycles. The Labute approximate surface area is 86.6 Å². The van der Waals surface area contributed by atoms with E-state index in [1.54, 1.807) is 0 Å². The number of rotatable bonds is 3. The molecular formula is C11H22N2O. The Morgan fingerprint density at radius 1 is 1.29 bits per heavy atom. The molecule has 0 saturated heterocycles. The first kappa shape index (κ1) is 11.5. The second-order valence-electron chi connectivity index (χ2n) is 5.10. The molecule has 0 bridgehead atoms. The number of nitrogens with one attached hydrogen (secondary N) is 2. The maximum Gasteiger partial charge on any atom is 0.240 e. The van der Waals surface area contributed by atoms with Crippen LogP contribution in [0.2, 0.25) is 0 Å². The van der Waals surface area contributed by atoms with Gasteiger partial charge in [0.1, 0.15) is 0 Å². The van der Waals surface area contributed by atoms with Gasteiger partial charge in [-0.3, -0.25) is 4.79 Å². The van der Waals surface area contributed by atoms with E-state index in [-0.39, 0.29) is 11.4 Å². The van der Waals surface area contributed by atoms with Gasteiger partial charge in [0.15, 0.2) is 0 Å². The molecule has 1 fully saturated rings. The third-order valence-electron chi connectivity index (χ3n) is 3.32. The lowest BCUT2D eigenvalue weighted by atomic mass is 9.97. The fraction of sp³-hybridized carbons (Fsp3) is 0.909. The smallest absolute Gasteiger partial charge is 0.240 e. The Hall–Kier alpha value is -0.570. The van der Waals surface area contributed by atoms with Gasteiger partial charge in [-0.2, -0.15) is 0 Å². The van der Waals surface area contributed by atoms with Gasteiger partial charge in [-0.1, -0.05) is 12.8 Å². The first-order valence-electron chi connectivity index (χ1n) is 5.41. The molecule has 1 rings (SSSR count). The van der Waals surface area contributed by atoms with Crippen molar-refractivity contribution in [2.75, 3.05) is 7.05 Å². The van der Waals surface area contributed by atoms with Gasteiger partial charge in [0.05, 0.1) is 5.54 Å².